The van der Waals surface area contributed by atoms with Gasteiger partial charge < -0.3 is 20.1 Å². The molecule has 2 heterocycles. The van der Waals surface area contributed by atoms with Gasteiger partial charge >= 0.3 is 0 Å². The Morgan fingerprint density at radius 2 is 2.10 bits per heavy atom. The summed E-state index contributed by atoms with van der Waals surface area (Å²) in [5.74, 6) is 0.197. The van der Waals surface area contributed by atoms with Crippen LogP contribution in [-0.4, -0.2) is 80.4 Å². The zero-order valence-corrected chi connectivity index (χ0v) is 12.6. The molecule has 0 aliphatic carbocycles. The summed E-state index contributed by atoms with van der Waals surface area (Å²) >= 11 is 0. The van der Waals surface area contributed by atoms with Crippen LogP contribution in [0.2, 0.25) is 0 Å². The number of carbonyl (C=O) groups is 1. The van der Waals surface area contributed by atoms with E-state index in [0.717, 1.165) is 19.4 Å². The second-order valence-corrected chi connectivity index (χ2v) is 5.62. The molecule has 2 rings (SSSR count). The smallest absolute Gasteiger partial charge is 0.239 e. The predicted molar refractivity (Wildman–Crippen MR) is 76.4 cm³/mol. The first-order chi connectivity index (χ1) is 9.67. The first kappa shape index (κ1) is 15.7. The number of likely N-dealkylation sites (tertiary alicyclic amines) is 1. The Morgan fingerprint density at radius 1 is 1.40 bits per heavy atom. The number of hydrogen-bond acceptors (Lipinski definition) is 5. The summed E-state index contributed by atoms with van der Waals surface area (Å²) in [6.45, 7) is 6.12. The molecule has 116 valence electrons. The SMILES string of the molecule is COC1CCN(C(C)C(=O)N2CCOCC2)C(CN)C1. The quantitative estimate of drug-likeness (QED) is 0.766. The van der Waals surface area contributed by atoms with Crippen LogP contribution in [0.15, 0.2) is 0 Å². The minimum Gasteiger partial charge on any atom is -0.381 e. The third-order valence-electron chi connectivity index (χ3n) is 4.50. The topological polar surface area (TPSA) is 68.0 Å². The van der Waals surface area contributed by atoms with E-state index in [2.05, 4.69) is 4.90 Å². The monoisotopic (exact) mass is 285 g/mol. The normalized spacial score (nSPS) is 30.2. The molecule has 0 aromatic heterocycles. The van der Waals surface area contributed by atoms with Gasteiger partial charge in [0.15, 0.2) is 0 Å². The highest BCUT2D eigenvalue weighted by Crippen LogP contribution is 2.22. The van der Waals surface area contributed by atoms with Crippen molar-refractivity contribution in [3.05, 3.63) is 0 Å². The van der Waals surface area contributed by atoms with Gasteiger partial charge in [-0.2, -0.15) is 0 Å². The van der Waals surface area contributed by atoms with Crippen LogP contribution in [0.5, 0.6) is 0 Å². The Morgan fingerprint density at radius 3 is 2.70 bits per heavy atom. The number of nitrogens with two attached hydrogens (primary N) is 1. The third kappa shape index (κ3) is 3.49. The van der Waals surface area contributed by atoms with Crippen molar-refractivity contribution in [1.29, 1.82) is 0 Å². The van der Waals surface area contributed by atoms with E-state index < -0.39 is 0 Å². The maximum atomic E-state index is 12.6. The molecule has 0 aromatic carbocycles. The van der Waals surface area contributed by atoms with Crippen LogP contribution in [0.4, 0.5) is 0 Å². The number of ether oxygens (including phenoxy) is 2. The molecular weight excluding hydrogens is 258 g/mol. The van der Waals surface area contributed by atoms with Crippen molar-refractivity contribution in [2.24, 2.45) is 5.73 Å². The van der Waals surface area contributed by atoms with Crippen LogP contribution in [0.25, 0.3) is 0 Å². The van der Waals surface area contributed by atoms with Crippen LogP contribution in [0, 0.1) is 0 Å². The molecule has 0 spiro atoms. The molecule has 0 radical (unpaired) electrons. The molecule has 2 fully saturated rings. The first-order valence-corrected chi connectivity index (χ1v) is 7.52. The Hall–Kier alpha value is -0.690. The standard InChI is InChI=1S/C14H27N3O3/c1-11(14(18)16-5-7-20-8-6-16)17-4-3-13(19-2)9-12(17)10-15/h11-13H,3-10,15H2,1-2H3. The summed E-state index contributed by atoms with van der Waals surface area (Å²) in [6.07, 6.45) is 2.15. The van der Waals surface area contributed by atoms with Crippen molar-refractivity contribution in [3.8, 4) is 0 Å². The summed E-state index contributed by atoms with van der Waals surface area (Å²) in [6, 6.07) is 0.119. The molecule has 2 aliphatic rings. The highest BCUT2D eigenvalue weighted by molar-refractivity contribution is 5.81. The van der Waals surface area contributed by atoms with Gasteiger partial charge in [0, 0.05) is 39.3 Å². The fraction of sp³-hybridized carbons (Fsp3) is 0.929. The van der Waals surface area contributed by atoms with Crippen LogP contribution < -0.4 is 5.73 Å². The van der Waals surface area contributed by atoms with Gasteiger partial charge in [0.1, 0.15) is 0 Å². The molecule has 2 N–H and O–H groups in total. The van der Waals surface area contributed by atoms with Crippen molar-refractivity contribution in [1.82, 2.24) is 9.80 Å². The summed E-state index contributed by atoms with van der Waals surface area (Å²) < 4.78 is 10.7. The Kier molecular flexibility index (Phi) is 5.77. The number of carbonyl (C=O) groups excluding carboxylic acids is 1. The lowest BCUT2D eigenvalue weighted by molar-refractivity contribution is -0.142. The lowest BCUT2D eigenvalue weighted by Gasteiger charge is -2.43. The molecule has 0 saturated carbocycles. The fourth-order valence-corrected chi connectivity index (χ4v) is 3.18. The summed E-state index contributed by atoms with van der Waals surface area (Å²) in [7, 11) is 1.75. The lowest BCUT2D eigenvalue weighted by atomic mass is 9.97. The maximum Gasteiger partial charge on any atom is 0.239 e. The van der Waals surface area contributed by atoms with Crippen LogP contribution in [-0.2, 0) is 14.3 Å². The van der Waals surface area contributed by atoms with E-state index in [1.54, 1.807) is 7.11 Å². The van der Waals surface area contributed by atoms with Crippen molar-refractivity contribution < 1.29 is 14.3 Å². The van der Waals surface area contributed by atoms with Gasteiger partial charge in [-0.05, 0) is 19.8 Å². The number of morpholine rings is 1. The molecule has 20 heavy (non-hydrogen) atoms. The van der Waals surface area contributed by atoms with E-state index in [1.807, 2.05) is 11.8 Å². The van der Waals surface area contributed by atoms with Crippen LogP contribution in [0.1, 0.15) is 19.8 Å². The second kappa shape index (κ2) is 7.36. The van der Waals surface area contributed by atoms with Crippen LogP contribution in [0.3, 0.4) is 0 Å². The highest BCUT2D eigenvalue weighted by atomic mass is 16.5. The average molecular weight is 285 g/mol. The van der Waals surface area contributed by atoms with Gasteiger partial charge in [-0.3, -0.25) is 9.69 Å². The van der Waals surface area contributed by atoms with E-state index >= 15 is 0 Å². The summed E-state index contributed by atoms with van der Waals surface area (Å²) in [5.41, 5.74) is 5.88. The van der Waals surface area contributed by atoms with Gasteiger partial charge in [-0.1, -0.05) is 0 Å². The summed E-state index contributed by atoms with van der Waals surface area (Å²) in [5, 5.41) is 0. The van der Waals surface area contributed by atoms with Crippen LogP contribution >= 0.6 is 0 Å². The minimum atomic E-state index is -0.112. The van der Waals surface area contributed by atoms with Crippen molar-refractivity contribution >= 4 is 5.91 Å². The van der Waals surface area contributed by atoms with Gasteiger partial charge in [0.25, 0.3) is 0 Å². The van der Waals surface area contributed by atoms with E-state index in [1.165, 1.54) is 0 Å². The first-order valence-electron chi connectivity index (χ1n) is 7.52. The van der Waals surface area contributed by atoms with E-state index in [0.29, 0.717) is 32.8 Å². The Bertz CT molecular complexity index is 321. The van der Waals surface area contributed by atoms with Crippen molar-refractivity contribution in [2.75, 3.05) is 46.5 Å². The van der Waals surface area contributed by atoms with Gasteiger partial charge in [0.2, 0.25) is 5.91 Å². The predicted octanol–water partition coefficient (Wildman–Crippen LogP) is -0.328. The molecule has 6 nitrogen and oxygen atoms in total. The van der Waals surface area contributed by atoms with Gasteiger partial charge in [-0.15, -0.1) is 0 Å². The largest absolute Gasteiger partial charge is 0.381 e. The molecule has 3 unspecified atom stereocenters. The molecule has 6 heteroatoms. The van der Waals surface area contributed by atoms with Gasteiger partial charge in [-0.25, -0.2) is 0 Å². The zero-order valence-electron chi connectivity index (χ0n) is 12.6. The van der Waals surface area contributed by atoms with E-state index in [9.17, 15) is 4.79 Å². The Labute approximate surface area is 121 Å². The Balaban J connectivity index is 1.96. The van der Waals surface area contributed by atoms with Crippen molar-refractivity contribution in [2.45, 2.75) is 38.0 Å². The minimum absolute atomic E-state index is 0.112. The molecule has 2 aliphatic heterocycles. The molecular formula is C14H27N3O3. The number of piperidine rings is 1. The average Bonchev–Trinajstić information content (AvgIpc) is 2.53. The highest BCUT2D eigenvalue weighted by Gasteiger charge is 2.35. The second-order valence-electron chi connectivity index (χ2n) is 5.62. The molecule has 1 amide bonds. The third-order valence-corrected chi connectivity index (χ3v) is 4.50. The fourth-order valence-electron chi connectivity index (χ4n) is 3.18. The van der Waals surface area contributed by atoms with E-state index in [4.69, 9.17) is 15.2 Å². The number of amides is 1. The van der Waals surface area contributed by atoms with Crippen molar-refractivity contribution in [3.63, 3.8) is 0 Å². The maximum absolute atomic E-state index is 12.6. The molecule has 3 atom stereocenters. The zero-order chi connectivity index (χ0) is 14.5. The molecule has 0 aromatic rings. The van der Waals surface area contributed by atoms with E-state index in [-0.39, 0.29) is 24.1 Å². The lowest BCUT2D eigenvalue weighted by Crippen LogP contribution is -2.57. The molecule has 0 bridgehead atoms. The number of rotatable bonds is 4. The molecule has 2 saturated heterocycles. The number of nitrogens with zero attached hydrogens (tertiary/aromatic N) is 2. The van der Waals surface area contributed by atoms with Gasteiger partial charge in [0.05, 0.1) is 25.4 Å². The number of hydrogen-bond donors (Lipinski definition) is 1. The summed E-state index contributed by atoms with van der Waals surface area (Å²) in [4.78, 5) is 16.7. The number of methoxy groups -OCH3 is 1.